The van der Waals surface area contributed by atoms with Gasteiger partial charge in [0.2, 0.25) is 11.8 Å². The summed E-state index contributed by atoms with van der Waals surface area (Å²) in [4.78, 5) is 26.7. The Morgan fingerprint density at radius 3 is 2.85 bits per heavy atom. The van der Waals surface area contributed by atoms with Crippen molar-refractivity contribution in [2.75, 3.05) is 6.54 Å². The number of nitrogens with zero attached hydrogens (tertiary/aromatic N) is 1. The van der Waals surface area contributed by atoms with Gasteiger partial charge in [0.15, 0.2) is 0 Å². The van der Waals surface area contributed by atoms with Crippen LogP contribution in [0.3, 0.4) is 0 Å². The van der Waals surface area contributed by atoms with Crippen molar-refractivity contribution in [3.63, 3.8) is 0 Å². The number of carbonyl (C=O) groups is 2. The predicted octanol–water partition coefficient (Wildman–Crippen LogP) is 1.61. The minimum atomic E-state index is -0.133. The average molecular weight is 275 g/mol. The van der Waals surface area contributed by atoms with E-state index in [2.05, 4.69) is 20.4 Å². The lowest BCUT2D eigenvalue weighted by Crippen LogP contribution is -2.41. The van der Waals surface area contributed by atoms with E-state index in [1.54, 1.807) is 6.08 Å². The van der Waals surface area contributed by atoms with Gasteiger partial charge in [-0.05, 0) is 18.8 Å². The Kier molecular flexibility index (Phi) is 2.34. The molecule has 2 saturated heterocycles. The third-order valence-corrected chi connectivity index (χ3v) is 5.75. The first kappa shape index (κ1) is 12.6. The molecule has 6 unspecified atom stereocenters. The second-order valence-corrected chi connectivity index (χ2v) is 7.30. The van der Waals surface area contributed by atoms with Crippen LogP contribution in [-0.4, -0.2) is 35.5 Å². The lowest BCUT2D eigenvalue weighted by atomic mass is 9.67. The molecule has 0 N–H and O–H groups in total. The largest absolute Gasteiger partial charge is 0.369 e. The van der Waals surface area contributed by atoms with Gasteiger partial charge in [0.1, 0.15) is 0 Å². The number of fused-ring (bicyclic) bond motifs is 8. The van der Waals surface area contributed by atoms with Crippen molar-refractivity contribution < 1.29 is 14.3 Å². The molecule has 4 aliphatic rings. The van der Waals surface area contributed by atoms with Crippen LogP contribution in [0.25, 0.3) is 0 Å². The van der Waals surface area contributed by atoms with Gasteiger partial charge in [-0.15, -0.1) is 6.58 Å². The second-order valence-electron chi connectivity index (χ2n) is 7.30. The average Bonchev–Trinajstić information content (AvgIpc) is 2.99. The number of likely N-dealkylation sites (tertiary alicyclic amines) is 1. The van der Waals surface area contributed by atoms with Gasteiger partial charge in [-0.1, -0.05) is 19.9 Å². The van der Waals surface area contributed by atoms with Gasteiger partial charge >= 0.3 is 0 Å². The maximum absolute atomic E-state index is 12.7. The fourth-order valence-electron chi connectivity index (χ4n) is 5.40. The van der Waals surface area contributed by atoms with E-state index in [-0.39, 0.29) is 47.2 Å². The van der Waals surface area contributed by atoms with Crippen molar-refractivity contribution in [1.82, 2.24) is 4.90 Å². The molecule has 0 aromatic carbocycles. The molecule has 2 amide bonds. The third kappa shape index (κ3) is 1.26. The number of amides is 2. The zero-order valence-electron chi connectivity index (χ0n) is 12.0. The maximum atomic E-state index is 12.7. The first-order valence-corrected chi connectivity index (χ1v) is 7.63. The summed E-state index contributed by atoms with van der Waals surface area (Å²) in [5.41, 5.74) is -0.0726. The summed E-state index contributed by atoms with van der Waals surface area (Å²) in [6.45, 7) is 8.39. The van der Waals surface area contributed by atoms with Crippen LogP contribution >= 0.6 is 0 Å². The first-order chi connectivity index (χ1) is 9.51. The van der Waals surface area contributed by atoms with E-state index in [1.807, 2.05) is 0 Å². The van der Waals surface area contributed by atoms with Crippen LogP contribution in [0.5, 0.6) is 0 Å². The fourth-order valence-corrected chi connectivity index (χ4v) is 5.40. The normalized spacial score (nSPS) is 48.0. The Morgan fingerprint density at radius 2 is 2.20 bits per heavy atom. The van der Waals surface area contributed by atoms with Crippen molar-refractivity contribution in [2.45, 2.75) is 38.9 Å². The molecule has 0 aromatic rings. The molecular weight excluding hydrogens is 254 g/mol. The molecule has 2 aliphatic heterocycles. The Hall–Kier alpha value is -1.16. The SMILES string of the molecule is C=CCN1C(=O)C2C3CC(CC(C)C)(C4OC34)C2C1=O. The molecule has 2 aliphatic carbocycles. The van der Waals surface area contributed by atoms with Crippen molar-refractivity contribution >= 4 is 11.8 Å². The Morgan fingerprint density at radius 1 is 1.45 bits per heavy atom. The van der Waals surface area contributed by atoms with Gasteiger partial charge < -0.3 is 4.74 Å². The summed E-state index contributed by atoms with van der Waals surface area (Å²) in [5.74, 6) is 0.584. The molecule has 0 radical (unpaired) electrons. The highest BCUT2D eigenvalue weighted by atomic mass is 16.6. The van der Waals surface area contributed by atoms with Crippen LogP contribution < -0.4 is 0 Å². The Balaban J connectivity index is 1.74. The molecule has 2 heterocycles. The molecule has 0 aromatic heterocycles. The predicted molar refractivity (Wildman–Crippen MR) is 72.6 cm³/mol. The van der Waals surface area contributed by atoms with E-state index in [9.17, 15) is 9.59 Å². The zero-order valence-corrected chi connectivity index (χ0v) is 12.0. The highest BCUT2D eigenvalue weighted by Crippen LogP contribution is 2.72. The zero-order chi connectivity index (χ0) is 14.2. The van der Waals surface area contributed by atoms with E-state index in [1.165, 1.54) is 4.90 Å². The van der Waals surface area contributed by atoms with E-state index in [0.717, 1.165) is 12.8 Å². The smallest absolute Gasteiger partial charge is 0.234 e. The standard InChI is InChI=1S/C16H21NO3/c1-4-5-17-14(18)10-9-7-16(6-8(2)3,11(10)15(17)19)13-12(9)20-13/h4,8-13H,1,5-7H2,2-3H3. The molecule has 4 heteroatoms. The molecule has 108 valence electrons. The van der Waals surface area contributed by atoms with E-state index in [0.29, 0.717) is 12.5 Å². The number of ether oxygens (including phenoxy) is 1. The van der Waals surface area contributed by atoms with Crippen LogP contribution in [0, 0.1) is 29.1 Å². The van der Waals surface area contributed by atoms with Crippen LogP contribution in [0.2, 0.25) is 0 Å². The minimum absolute atomic E-state index is 0.0180. The lowest BCUT2D eigenvalue weighted by Gasteiger charge is -2.34. The molecule has 6 atom stereocenters. The van der Waals surface area contributed by atoms with Crippen LogP contribution in [0.15, 0.2) is 12.7 Å². The second kappa shape index (κ2) is 3.73. The third-order valence-electron chi connectivity index (χ3n) is 5.75. The number of imide groups is 1. The molecule has 4 fully saturated rings. The monoisotopic (exact) mass is 275 g/mol. The van der Waals surface area contributed by atoms with Gasteiger partial charge in [-0.3, -0.25) is 14.5 Å². The molecule has 2 bridgehead atoms. The van der Waals surface area contributed by atoms with Crippen molar-refractivity contribution in [2.24, 2.45) is 29.1 Å². The first-order valence-electron chi connectivity index (χ1n) is 7.63. The number of rotatable bonds is 4. The van der Waals surface area contributed by atoms with Crippen molar-refractivity contribution in [3.05, 3.63) is 12.7 Å². The molecular formula is C16H21NO3. The quantitative estimate of drug-likeness (QED) is 0.445. The summed E-state index contributed by atoms with van der Waals surface area (Å²) in [6, 6.07) is 0. The summed E-state index contributed by atoms with van der Waals surface area (Å²) < 4.78 is 5.83. The van der Waals surface area contributed by atoms with Crippen LogP contribution in [-0.2, 0) is 14.3 Å². The highest BCUT2D eigenvalue weighted by molar-refractivity contribution is 6.06. The lowest BCUT2D eigenvalue weighted by molar-refractivity contribution is -0.141. The van der Waals surface area contributed by atoms with Gasteiger partial charge in [0.05, 0.1) is 24.0 Å². The number of carbonyl (C=O) groups excluding carboxylic acids is 2. The van der Waals surface area contributed by atoms with Crippen LogP contribution in [0.1, 0.15) is 26.7 Å². The Bertz CT molecular complexity index is 514. The molecule has 4 rings (SSSR count). The van der Waals surface area contributed by atoms with Gasteiger partial charge in [0.25, 0.3) is 0 Å². The van der Waals surface area contributed by atoms with E-state index >= 15 is 0 Å². The number of hydrogen-bond donors (Lipinski definition) is 0. The molecule has 20 heavy (non-hydrogen) atoms. The van der Waals surface area contributed by atoms with Crippen LogP contribution in [0.4, 0.5) is 0 Å². The molecule has 4 nitrogen and oxygen atoms in total. The summed E-state index contributed by atoms with van der Waals surface area (Å²) in [5, 5.41) is 0. The van der Waals surface area contributed by atoms with Gasteiger partial charge in [-0.2, -0.15) is 0 Å². The van der Waals surface area contributed by atoms with Gasteiger partial charge in [-0.25, -0.2) is 0 Å². The molecule has 0 spiro atoms. The Labute approximate surface area is 119 Å². The van der Waals surface area contributed by atoms with E-state index < -0.39 is 0 Å². The fraction of sp³-hybridized carbons (Fsp3) is 0.750. The topological polar surface area (TPSA) is 49.9 Å². The highest BCUT2D eigenvalue weighted by Gasteiger charge is 2.80. The van der Waals surface area contributed by atoms with E-state index in [4.69, 9.17) is 4.74 Å². The van der Waals surface area contributed by atoms with Gasteiger partial charge in [0, 0.05) is 17.9 Å². The number of hydrogen-bond acceptors (Lipinski definition) is 3. The summed E-state index contributed by atoms with van der Waals surface area (Å²) >= 11 is 0. The number of epoxide rings is 1. The maximum Gasteiger partial charge on any atom is 0.234 e. The summed E-state index contributed by atoms with van der Waals surface area (Å²) in [7, 11) is 0. The summed E-state index contributed by atoms with van der Waals surface area (Å²) in [6.07, 6.45) is 4.12. The van der Waals surface area contributed by atoms with Crippen molar-refractivity contribution in [1.29, 1.82) is 0 Å². The molecule has 2 saturated carbocycles. The minimum Gasteiger partial charge on any atom is -0.369 e. The van der Waals surface area contributed by atoms with Crippen molar-refractivity contribution in [3.8, 4) is 0 Å².